The van der Waals surface area contributed by atoms with Gasteiger partial charge in [-0.25, -0.2) is 0 Å². The lowest BCUT2D eigenvalue weighted by molar-refractivity contribution is -1.24. The lowest BCUT2D eigenvalue weighted by Gasteiger charge is -2.18. The monoisotopic (exact) mass is 328 g/mol. The van der Waals surface area contributed by atoms with Crippen LogP contribution in [0.1, 0.15) is 104 Å². The van der Waals surface area contributed by atoms with Gasteiger partial charge in [-0.05, 0) is 43.8 Å². The largest absolute Gasteiger partial charge is 0.182 e. The van der Waals surface area contributed by atoms with Crippen molar-refractivity contribution in [2.24, 2.45) is 0 Å². The fraction of sp³-hybridized carbons (Fsp3) is 0.900. The second-order valence-electron chi connectivity index (χ2n) is 6.86. The predicted molar refractivity (Wildman–Crippen MR) is 98.7 cm³/mol. The molecule has 0 aromatic rings. The van der Waals surface area contributed by atoms with Gasteiger partial charge in [-0.1, -0.05) is 70.4 Å². The summed E-state index contributed by atoms with van der Waals surface area (Å²) in [4.78, 5) is -0.816. The highest BCUT2D eigenvalue weighted by atomic mass is 16.8. The number of hydrogen-bond donors (Lipinski definition) is 2. The summed E-state index contributed by atoms with van der Waals surface area (Å²) in [5, 5.41) is 18.8. The van der Waals surface area contributed by atoms with E-state index in [1.54, 1.807) is 6.92 Å². The van der Waals surface area contributed by atoms with Gasteiger partial charge >= 0.3 is 0 Å². The van der Waals surface area contributed by atoms with Gasteiger partial charge in [0.25, 0.3) is 0 Å². The van der Waals surface area contributed by atoms with E-state index in [0.29, 0.717) is 13.1 Å². The lowest BCUT2D eigenvalue weighted by Crippen LogP contribution is -2.41. The van der Waals surface area contributed by atoms with Crippen molar-refractivity contribution in [1.82, 2.24) is 0 Å². The van der Waals surface area contributed by atoms with Crippen LogP contribution >= 0.6 is 0 Å². The third-order valence-corrected chi connectivity index (χ3v) is 4.53. The first-order valence-corrected chi connectivity index (χ1v) is 10.1. The van der Waals surface area contributed by atoms with E-state index in [9.17, 15) is 10.4 Å². The maximum absolute atomic E-state index is 9.42. The Bertz CT molecular complexity index is 264. The first kappa shape index (κ1) is 22.6. The van der Waals surface area contributed by atoms with Crippen molar-refractivity contribution in [3.63, 3.8) is 0 Å². The van der Waals surface area contributed by atoms with Crippen molar-refractivity contribution in [2.45, 2.75) is 104 Å². The number of rotatable bonds is 17. The molecular weight excluding hydrogens is 286 g/mol. The molecule has 3 nitrogen and oxygen atoms in total. The molecule has 2 N–H and O–H groups in total. The molecule has 0 rings (SSSR count). The maximum Gasteiger partial charge on any atom is 0.142 e. The van der Waals surface area contributed by atoms with E-state index >= 15 is 0 Å². The summed E-state index contributed by atoms with van der Waals surface area (Å²) in [7, 11) is 0. The Morgan fingerprint density at radius 3 is 1.52 bits per heavy atom. The first-order valence-electron chi connectivity index (χ1n) is 10.1. The number of allylic oxidation sites excluding steroid dienone is 2. The molecule has 23 heavy (non-hydrogen) atoms. The molecule has 0 aromatic heterocycles. The summed E-state index contributed by atoms with van der Waals surface area (Å²) in [6, 6.07) is 0. The standard InChI is InChI=1S/C20H42NO2/c1-3-5-6-7-8-9-10-11-12-13-14-15-16-17-18-19-20-21(22,23)4-2/h11-12,22-23H,3-10,13-20H2,1-2H3/q+1. The minimum absolute atomic E-state index is 0.366. The molecule has 0 aliphatic rings. The Labute approximate surface area is 144 Å². The number of hydrogen-bond acceptors (Lipinski definition) is 2. The van der Waals surface area contributed by atoms with Crippen molar-refractivity contribution in [3.05, 3.63) is 12.2 Å². The summed E-state index contributed by atoms with van der Waals surface area (Å²) in [5.41, 5.74) is 0. The van der Waals surface area contributed by atoms with Gasteiger partial charge in [-0.3, -0.25) is 0 Å². The highest BCUT2D eigenvalue weighted by Gasteiger charge is 2.17. The molecule has 0 saturated carbocycles. The molecule has 0 fully saturated rings. The van der Waals surface area contributed by atoms with Crippen LogP contribution in [-0.2, 0) is 0 Å². The zero-order valence-electron chi connectivity index (χ0n) is 15.8. The second kappa shape index (κ2) is 16.5. The molecule has 0 aliphatic carbocycles. The molecule has 0 heterocycles. The van der Waals surface area contributed by atoms with Crippen molar-refractivity contribution in [2.75, 3.05) is 13.1 Å². The van der Waals surface area contributed by atoms with E-state index in [1.165, 1.54) is 77.0 Å². The van der Waals surface area contributed by atoms with Crippen LogP contribution in [0.5, 0.6) is 0 Å². The van der Waals surface area contributed by atoms with E-state index < -0.39 is 4.81 Å². The minimum atomic E-state index is -0.816. The van der Waals surface area contributed by atoms with Crippen molar-refractivity contribution >= 4 is 0 Å². The van der Waals surface area contributed by atoms with Gasteiger partial charge in [0.15, 0.2) is 0 Å². The van der Waals surface area contributed by atoms with E-state index in [0.717, 1.165) is 12.8 Å². The molecule has 0 bridgehead atoms. The normalized spacial score (nSPS) is 12.3. The fourth-order valence-corrected chi connectivity index (χ4v) is 2.77. The van der Waals surface area contributed by atoms with E-state index in [-0.39, 0.29) is 0 Å². The quantitative estimate of drug-likeness (QED) is 0.136. The average molecular weight is 329 g/mol. The third-order valence-electron chi connectivity index (χ3n) is 4.53. The lowest BCUT2D eigenvalue weighted by atomic mass is 10.1. The van der Waals surface area contributed by atoms with Gasteiger partial charge in [-0.2, -0.15) is 10.4 Å². The molecule has 0 aliphatic heterocycles. The summed E-state index contributed by atoms with van der Waals surface area (Å²) >= 11 is 0. The summed E-state index contributed by atoms with van der Waals surface area (Å²) in [6.07, 6.45) is 22.6. The van der Waals surface area contributed by atoms with Crippen molar-refractivity contribution in [3.8, 4) is 0 Å². The highest BCUT2D eigenvalue weighted by molar-refractivity contribution is 4.81. The van der Waals surface area contributed by atoms with Gasteiger partial charge < -0.3 is 0 Å². The van der Waals surface area contributed by atoms with Gasteiger partial charge in [0, 0.05) is 6.42 Å². The maximum atomic E-state index is 9.42. The predicted octanol–water partition coefficient (Wildman–Crippen LogP) is 6.64. The summed E-state index contributed by atoms with van der Waals surface area (Å²) in [6.45, 7) is 4.88. The number of quaternary nitrogens is 1. The Morgan fingerprint density at radius 2 is 1.04 bits per heavy atom. The number of nitrogens with zero attached hydrogens (tertiary/aromatic N) is 1. The highest BCUT2D eigenvalue weighted by Crippen LogP contribution is 2.10. The molecule has 3 heteroatoms. The molecular formula is C20H42NO2+. The molecule has 0 amide bonds. The Morgan fingerprint density at radius 1 is 0.609 bits per heavy atom. The van der Waals surface area contributed by atoms with Crippen LogP contribution in [0, 0.1) is 0 Å². The van der Waals surface area contributed by atoms with Gasteiger partial charge in [0.2, 0.25) is 0 Å². The molecule has 138 valence electrons. The fourth-order valence-electron chi connectivity index (χ4n) is 2.77. The van der Waals surface area contributed by atoms with Crippen LogP contribution in [0.2, 0.25) is 0 Å². The van der Waals surface area contributed by atoms with Crippen molar-refractivity contribution < 1.29 is 15.2 Å². The van der Waals surface area contributed by atoms with Crippen LogP contribution in [0.15, 0.2) is 12.2 Å². The van der Waals surface area contributed by atoms with E-state index in [2.05, 4.69) is 19.1 Å². The number of unbranched alkanes of at least 4 members (excludes halogenated alkanes) is 12. The smallest absolute Gasteiger partial charge is 0.142 e. The second-order valence-corrected chi connectivity index (χ2v) is 6.86. The summed E-state index contributed by atoms with van der Waals surface area (Å²) < 4.78 is 0. The molecule has 0 spiro atoms. The van der Waals surface area contributed by atoms with Crippen LogP contribution in [0.25, 0.3) is 0 Å². The molecule has 0 saturated heterocycles. The first-order chi connectivity index (χ1) is 11.1. The minimum Gasteiger partial charge on any atom is -0.182 e. The zero-order valence-corrected chi connectivity index (χ0v) is 15.8. The Hall–Kier alpha value is -0.380. The summed E-state index contributed by atoms with van der Waals surface area (Å²) in [5.74, 6) is 0. The number of hydroxylamine groups is 4. The van der Waals surface area contributed by atoms with Crippen LogP contribution in [0.4, 0.5) is 0 Å². The molecule has 0 unspecified atom stereocenters. The van der Waals surface area contributed by atoms with Crippen LogP contribution in [-0.4, -0.2) is 28.3 Å². The van der Waals surface area contributed by atoms with Crippen molar-refractivity contribution in [1.29, 1.82) is 0 Å². The van der Waals surface area contributed by atoms with Crippen LogP contribution in [0.3, 0.4) is 0 Å². The van der Waals surface area contributed by atoms with E-state index in [4.69, 9.17) is 0 Å². The van der Waals surface area contributed by atoms with Crippen LogP contribution < -0.4 is 0 Å². The van der Waals surface area contributed by atoms with Gasteiger partial charge in [-0.15, -0.1) is 0 Å². The Balaban J connectivity index is 3.16. The van der Waals surface area contributed by atoms with Gasteiger partial charge in [0.05, 0.1) is 0 Å². The van der Waals surface area contributed by atoms with Gasteiger partial charge in [0.1, 0.15) is 13.1 Å². The topological polar surface area (TPSA) is 40.5 Å². The zero-order chi connectivity index (χ0) is 17.2. The third kappa shape index (κ3) is 17.8. The Kier molecular flexibility index (Phi) is 16.2. The molecule has 0 atom stereocenters. The van der Waals surface area contributed by atoms with E-state index in [1.807, 2.05) is 0 Å². The molecule has 0 radical (unpaired) electrons. The SMILES string of the molecule is CCCCCCCCC=CCCCCCCCC[N+](O)(O)CC. The molecule has 0 aromatic carbocycles. The average Bonchev–Trinajstić information content (AvgIpc) is 2.54.